The first-order chi connectivity index (χ1) is 30.4. The second kappa shape index (κ2) is 19.6. The summed E-state index contributed by atoms with van der Waals surface area (Å²) in [7, 11) is 3.39. The molecule has 15 heteroatoms. The third-order valence-corrected chi connectivity index (χ3v) is 10.9. The highest BCUT2D eigenvalue weighted by Crippen LogP contribution is 2.34. The van der Waals surface area contributed by atoms with E-state index in [0.717, 1.165) is 51.1 Å². The number of carboxylic acid groups (broad SMARTS) is 1. The van der Waals surface area contributed by atoms with Crippen molar-refractivity contribution in [1.82, 2.24) is 30.2 Å². The number of carboxylic acids is 1. The zero-order valence-electron chi connectivity index (χ0n) is 35.0. The molecule has 0 saturated carbocycles. The van der Waals surface area contributed by atoms with Crippen LogP contribution in [-0.2, 0) is 34.0 Å². The molecule has 15 nitrogen and oxygen atoms in total. The average Bonchev–Trinajstić information content (AvgIpc) is 4.00. The summed E-state index contributed by atoms with van der Waals surface area (Å²) >= 11 is 0. The van der Waals surface area contributed by atoms with Gasteiger partial charge in [-0.15, -0.1) is 0 Å². The molecule has 5 heterocycles. The maximum atomic E-state index is 10.8. The van der Waals surface area contributed by atoms with E-state index >= 15 is 0 Å². The molecule has 0 bridgehead atoms. The number of pyridine rings is 2. The first-order valence-corrected chi connectivity index (χ1v) is 20.8. The van der Waals surface area contributed by atoms with Crippen LogP contribution in [0.1, 0.15) is 55.7 Å². The van der Waals surface area contributed by atoms with E-state index in [9.17, 15) is 4.79 Å². The number of ether oxygens (including phenoxy) is 2. The highest BCUT2D eigenvalue weighted by Gasteiger charge is 2.23. The number of carbonyl (C=O) groups is 1. The summed E-state index contributed by atoms with van der Waals surface area (Å²) in [4.78, 5) is 31.7. The Balaban J connectivity index is 0.929. The summed E-state index contributed by atoms with van der Waals surface area (Å²) in [6, 6.07) is 28.5. The molecule has 1 atom stereocenters. The second-order valence-electron chi connectivity index (χ2n) is 15.3. The summed E-state index contributed by atoms with van der Waals surface area (Å²) in [5.74, 6) is 2.20. The summed E-state index contributed by atoms with van der Waals surface area (Å²) in [5.41, 5.74) is 9.44. The molecular formula is C47H49N9O6. The van der Waals surface area contributed by atoms with E-state index in [1.807, 2.05) is 54.6 Å². The molecule has 0 radical (unpaired) electrons. The van der Waals surface area contributed by atoms with Crippen LogP contribution in [0.3, 0.4) is 0 Å². The standard InChI is InChI=1S/C47H49N9O6/c1-30-9-6-7-22-56(30)40-18-14-32(24-37(40)29-60-3)47-53-45(55-62-47)35-16-20-42(51-27-35)49-25-33-10-4-5-11-38(33)39-17-13-31(23-36(39)28-59-2)46-52-44(54-61-46)34-15-19-41(50-26-34)48-21-8-12-43(57)58/h4-5,10-11,13-20,23-24,26-27,30H,6-9,12,21-22,25,28-29H2,1-3H3,(H,48,50)(H,49,51)(H,57,58). The molecule has 8 rings (SSSR count). The monoisotopic (exact) mass is 835 g/mol. The summed E-state index contributed by atoms with van der Waals surface area (Å²) in [5, 5.41) is 23.9. The molecule has 4 aromatic heterocycles. The predicted octanol–water partition coefficient (Wildman–Crippen LogP) is 9.14. The Hall–Kier alpha value is -6.97. The first kappa shape index (κ1) is 41.8. The van der Waals surface area contributed by atoms with Gasteiger partial charge < -0.3 is 39.2 Å². The summed E-state index contributed by atoms with van der Waals surface area (Å²) in [6.07, 6.45) is 7.64. The zero-order valence-corrected chi connectivity index (χ0v) is 35.0. The van der Waals surface area contributed by atoms with Crippen LogP contribution in [0.25, 0.3) is 56.8 Å². The number of benzene rings is 3. The fourth-order valence-corrected chi connectivity index (χ4v) is 7.75. The molecule has 1 unspecified atom stereocenters. The van der Waals surface area contributed by atoms with E-state index in [1.165, 1.54) is 24.9 Å². The van der Waals surface area contributed by atoms with Gasteiger partial charge in [0, 0.05) is 92.2 Å². The van der Waals surface area contributed by atoms with Crippen LogP contribution in [0.2, 0.25) is 0 Å². The first-order valence-electron chi connectivity index (χ1n) is 20.8. The minimum atomic E-state index is -0.823. The van der Waals surface area contributed by atoms with Gasteiger partial charge in [0.25, 0.3) is 11.8 Å². The van der Waals surface area contributed by atoms with Crippen molar-refractivity contribution in [2.24, 2.45) is 0 Å². The van der Waals surface area contributed by atoms with Crippen molar-refractivity contribution >= 4 is 23.3 Å². The number of aromatic nitrogens is 6. The number of anilines is 3. The Morgan fingerprint density at radius 3 is 2.00 bits per heavy atom. The Kier molecular flexibility index (Phi) is 13.2. The molecule has 1 aliphatic heterocycles. The molecule has 1 saturated heterocycles. The third-order valence-electron chi connectivity index (χ3n) is 10.9. The fraction of sp³-hybridized carbons (Fsp3) is 0.298. The largest absolute Gasteiger partial charge is 0.481 e. The van der Waals surface area contributed by atoms with E-state index < -0.39 is 5.97 Å². The molecule has 0 spiro atoms. The third kappa shape index (κ3) is 9.80. The van der Waals surface area contributed by atoms with Gasteiger partial charge in [0.1, 0.15) is 11.6 Å². The van der Waals surface area contributed by atoms with Crippen molar-refractivity contribution < 1.29 is 28.4 Å². The van der Waals surface area contributed by atoms with E-state index in [-0.39, 0.29) is 6.42 Å². The smallest absolute Gasteiger partial charge is 0.303 e. The summed E-state index contributed by atoms with van der Waals surface area (Å²) < 4.78 is 22.6. The molecular weight excluding hydrogens is 787 g/mol. The van der Waals surface area contributed by atoms with Crippen molar-refractivity contribution in [3.63, 3.8) is 0 Å². The summed E-state index contributed by atoms with van der Waals surface area (Å²) in [6.45, 7) is 5.23. The topological polar surface area (TPSA) is 187 Å². The van der Waals surface area contributed by atoms with E-state index in [0.29, 0.717) is 79.4 Å². The maximum Gasteiger partial charge on any atom is 0.303 e. The van der Waals surface area contributed by atoms with Gasteiger partial charge in [0.15, 0.2) is 0 Å². The highest BCUT2D eigenvalue weighted by atomic mass is 16.5. The molecule has 3 aromatic carbocycles. The van der Waals surface area contributed by atoms with Crippen molar-refractivity contribution in [2.75, 3.05) is 42.8 Å². The normalized spacial score (nSPS) is 13.9. The van der Waals surface area contributed by atoms with Gasteiger partial charge in [-0.25, -0.2) is 9.97 Å². The number of rotatable bonds is 18. The van der Waals surface area contributed by atoms with Gasteiger partial charge in [-0.1, -0.05) is 40.6 Å². The Morgan fingerprint density at radius 2 is 1.35 bits per heavy atom. The lowest BCUT2D eigenvalue weighted by Gasteiger charge is -2.36. The minimum Gasteiger partial charge on any atom is -0.481 e. The molecule has 3 N–H and O–H groups in total. The van der Waals surface area contributed by atoms with Crippen LogP contribution in [-0.4, -0.2) is 74.7 Å². The minimum absolute atomic E-state index is 0.0971. The van der Waals surface area contributed by atoms with Crippen LogP contribution in [0, 0.1) is 0 Å². The number of piperidine rings is 1. The lowest BCUT2D eigenvalue weighted by Crippen LogP contribution is -2.38. The Labute approximate surface area is 359 Å². The molecule has 1 fully saturated rings. The number of hydrogen-bond acceptors (Lipinski definition) is 14. The van der Waals surface area contributed by atoms with E-state index in [4.69, 9.17) is 28.6 Å². The van der Waals surface area contributed by atoms with E-state index in [1.54, 1.807) is 32.7 Å². The SMILES string of the molecule is COCc1cc(-c2nc(-c3ccc(NCCCC(=O)O)nc3)no2)ccc1-c1ccccc1CNc1ccc(-c2noc(-c3ccc(N4CCCCC4C)c(COC)c3)n2)cn1. The molecule has 0 amide bonds. The average molecular weight is 836 g/mol. The number of aliphatic carboxylic acids is 1. The van der Waals surface area contributed by atoms with Crippen LogP contribution in [0.15, 0.2) is 106 Å². The number of nitrogens with one attached hydrogen (secondary N) is 2. The van der Waals surface area contributed by atoms with Crippen LogP contribution < -0.4 is 15.5 Å². The van der Waals surface area contributed by atoms with Crippen molar-refractivity contribution in [3.8, 4) is 56.8 Å². The van der Waals surface area contributed by atoms with Crippen molar-refractivity contribution in [2.45, 2.75) is 64.8 Å². The van der Waals surface area contributed by atoms with Gasteiger partial charge in [-0.2, -0.15) is 9.97 Å². The molecule has 318 valence electrons. The Bertz CT molecular complexity index is 2590. The maximum absolute atomic E-state index is 10.8. The lowest BCUT2D eigenvalue weighted by atomic mass is 9.94. The molecule has 0 aliphatic carbocycles. The molecule has 1 aliphatic rings. The van der Waals surface area contributed by atoms with E-state index in [2.05, 4.69) is 72.0 Å². The number of nitrogens with zero attached hydrogens (tertiary/aromatic N) is 7. The predicted molar refractivity (Wildman–Crippen MR) is 236 cm³/mol. The number of methoxy groups -OCH3 is 2. The van der Waals surface area contributed by atoms with Crippen molar-refractivity contribution in [3.05, 3.63) is 114 Å². The van der Waals surface area contributed by atoms with Crippen molar-refractivity contribution in [1.29, 1.82) is 0 Å². The van der Waals surface area contributed by atoms with Gasteiger partial charge >= 0.3 is 5.97 Å². The highest BCUT2D eigenvalue weighted by molar-refractivity contribution is 5.75. The fourth-order valence-electron chi connectivity index (χ4n) is 7.75. The molecule has 7 aromatic rings. The second-order valence-corrected chi connectivity index (χ2v) is 15.3. The van der Waals surface area contributed by atoms with Crippen LogP contribution in [0.4, 0.5) is 17.3 Å². The van der Waals surface area contributed by atoms with Gasteiger partial charge in [-0.3, -0.25) is 4.79 Å². The van der Waals surface area contributed by atoms with Crippen LogP contribution >= 0.6 is 0 Å². The van der Waals surface area contributed by atoms with Gasteiger partial charge in [0.05, 0.1) is 13.2 Å². The van der Waals surface area contributed by atoms with Crippen LogP contribution in [0.5, 0.6) is 0 Å². The number of hydrogen-bond donors (Lipinski definition) is 3. The van der Waals surface area contributed by atoms with Gasteiger partial charge in [0.2, 0.25) is 11.6 Å². The molecule has 62 heavy (non-hydrogen) atoms. The quantitative estimate of drug-likeness (QED) is 0.0694. The zero-order chi connectivity index (χ0) is 42.8. The van der Waals surface area contributed by atoms with Gasteiger partial charge in [-0.05, 0) is 109 Å². The Morgan fingerprint density at radius 1 is 0.742 bits per heavy atom. The lowest BCUT2D eigenvalue weighted by molar-refractivity contribution is -0.137.